The Labute approximate surface area is 248 Å². The minimum absolute atomic E-state index is 0.103. The van der Waals surface area contributed by atoms with Gasteiger partial charge in [0, 0.05) is 19.0 Å². The number of ether oxygens (including phenoxy) is 1. The first-order chi connectivity index (χ1) is 19.9. The fourth-order valence-corrected chi connectivity index (χ4v) is 4.92. The number of hydrogen-bond donors (Lipinski definition) is 3. The fraction of sp³-hybridized carbons (Fsp3) is 0.382. The molecule has 3 aromatic carbocycles. The zero-order valence-corrected chi connectivity index (χ0v) is 25.0. The van der Waals surface area contributed by atoms with E-state index >= 15 is 0 Å². The van der Waals surface area contributed by atoms with Crippen LogP contribution in [0.25, 0.3) is 0 Å². The van der Waals surface area contributed by atoms with Crippen LogP contribution in [0.5, 0.6) is 5.75 Å². The average Bonchev–Trinajstić information content (AvgIpc) is 3.77. The van der Waals surface area contributed by atoms with Gasteiger partial charge in [-0.05, 0) is 81.8 Å². The van der Waals surface area contributed by atoms with Crippen molar-refractivity contribution in [1.82, 2.24) is 15.5 Å². The molecule has 3 amide bonds. The molecule has 3 aromatic rings. The van der Waals surface area contributed by atoms with Crippen molar-refractivity contribution in [3.05, 3.63) is 101 Å². The maximum absolute atomic E-state index is 14.5. The Morgan fingerprint density at radius 1 is 0.952 bits per heavy atom. The largest absolute Gasteiger partial charge is 0.508 e. The topological polar surface area (TPSA) is 108 Å². The summed E-state index contributed by atoms with van der Waals surface area (Å²) in [4.78, 5) is 43.1. The summed E-state index contributed by atoms with van der Waals surface area (Å²) < 4.78 is 5.51. The summed E-state index contributed by atoms with van der Waals surface area (Å²) in [5.41, 5.74) is 3.56. The molecule has 0 heterocycles. The van der Waals surface area contributed by atoms with Gasteiger partial charge in [0.15, 0.2) is 0 Å². The number of nitrogens with zero attached hydrogens (tertiary/aromatic N) is 1. The van der Waals surface area contributed by atoms with Crippen molar-refractivity contribution in [2.75, 3.05) is 0 Å². The monoisotopic (exact) mass is 571 g/mol. The molecule has 2 unspecified atom stereocenters. The third-order valence-corrected chi connectivity index (χ3v) is 7.13. The lowest BCUT2D eigenvalue weighted by molar-refractivity contribution is -0.143. The molecule has 8 nitrogen and oxygen atoms in total. The summed E-state index contributed by atoms with van der Waals surface area (Å²) in [7, 11) is 0. The zero-order valence-electron chi connectivity index (χ0n) is 25.0. The Balaban J connectivity index is 1.71. The van der Waals surface area contributed by atoms with Crippen LogP contribution in [0.4, 0.5) is 4.79 Å². The zero-order chi connectivity index (χ0) is 30.4. The van der Waals surface area contributed by atoms with Crippen LogP contribution in [0, 0.1) is 13.8 Å². The van der Waals surface area contributed by atoms with E-state index < -0.39 is 23.8 Å². The number of benzene rings is 3. The number of rotatable bonds is 10. The van der Waals surface area contributed by atoms with Gasteiger partial charge in [0.25, 0.3) is 0 Å². The third kappa shape index (κ3) is 8.35. The van der Waals surface area contributed by atoms with E-state index in [2.05, 4.69) is 10.6 Å². The molecule has 0 aliphatic heterocycles. The molecule has 42 heavy (non-hydrogen) atoms. The lowest BCUT2D eigenvalue weighted by Gasteiger charge is -2.35. The summed E-state index contributed by atoms with van der Waals surface area (Å²) in [5, 5.41) is 15.6. The molecular formula is C34H41N3O5. The van der Waals surface area contributed by atoms with Crippen LogP contribution in [0.15, 0.2) is 72.8 Å². The van der Waals surface area contributed by atoms with E-state index in [1.165, 1.54) is 0 Å². The van der Waals surface area contributed by atoms with Crippen molar-refractivity contribution in [2.45, 2.75) is 84.2 Å². The first-order valence-electron chi connectivity index (χ1n) is 14.4. The number of hydrogen-bond acceptors (Lipinski definition) is 5. The van der Waals surface area contributed by atoms with Crippen LogP contribution in [0.2, 0.25) is 0 Å². The Kier molecular flexibility index (Phi) is 9.55. The first kappa shape index (κ1) is 30.6. The van der Waals surface area contributed by atoms with Crippen molar-refractivity contribution in [2.24, 2.45) is 0 Å². The number of nitrogens with one attached hydrogen (secondary N) is 2. The minimum Gasteiger partial charge on any atom is -0.508 e. The van der Waals surface area contributed by atoms with Gasteiger partial charge in [0.05, 0.1) is 0 Å². The smallest absolute Gasteiger partial charge is 0.408 e. The number of phenolic OH excluding ortho intramolecular Hbond substituents is 1. The number of phenols is 1. The fourth-order valence-electron chi connectivity index (χ4n) is 4.92. The molecule has 0 radical (unpaired) electrons. The Bertz CT molecular complexity index is 1390. The molecule has 222 valence electrons. The maximum Gasteiger partial charge on any atom is 0.408 e. The van der Waals surface area contributed by atoms with E-state index in [1.54, 1.807) is 49.9 Å². The SMILES string of the molecule is Cc1ccc(C)c(C(C(=O)NCc2ccccc2)N(C(=O)C(Cc2ccc(O)cc2)NC(=O)OC(C)(C)C)C2CC2)c1. The van der Waals surface area contributed by atoms with Crippen LogP contribution in [-0.2, 0) is 27.3 Å². The van der Waals surface area contributed by atoms with Crippen molar-refractivity contribution in [1.29, 1.82) is 0 Å². The number of aryl methyl sites for hydroxylation is 2. The van der Waals surface area contributed by atoms with Crippen LogP contribution in [0.1, 0.15) is 67.5 Å². The van der Waals surface area contributed by atoms with Gasteiger partial charge >= 0.3 is 6.09 Å². The molecule has 2 atom stereocenters. The quantitative estimate of drug-likeness (QED) is 0.298. The molecular weight excluding hydrogens is 530 g/mol. The number of amides is 3. The second-order valence-corrected chi connectivity index (χ2v) is 12.0. The van der Waals surface area contributed by atoms with Crippen LogP contribution in [0.3, 0.4) is 0 Å². The van der Waals surface area contributed by atoms with Gasteiger partial charge in [-0.3, -0.25) is 9.59 Å². The first-order valence-corrected chi connectivity index (χ1v) is 14.4. The predicted molar refractivity (Wildman–Crippen MR) is 162 cm³/mol. The highest BCUT2D eigenvalue weighted by Gasteiger charge is 2.44. The van der Waals surface area contributed by atoms with Gasteiger partial charge in [0.2, 0.25) is 11.8 Å². The Hall–Kier alpha value is -4.33. The van der Waals surface area contributed by atoms with Crippen LogP contribution >= 0.6 is 0 Å². The van der Waals surface area contributed by atoms with Gasteiger partial charge in [-0.2, -0.15) is 0 Å². The Morgan fingerprint density at radius 3 is 2.24 bits per heavy atom. The molecule has 1 fully saturated rings. The van der Waals surface area contributed by atoms with Crippen molar-refractivity contribution in [3.63, 3.8) is 0 Å². The number of alkyl carbamates (subject to hydrolysis) is 1. The van der Waals surface area contributed by atoms with Gasteiger partial charge in [-0.15, -0.1) is 0 Å². The highest BCUT2D eigenvalue weighted by atomic mass is 16.6. The van der Waals surface area contributed by atoms with E-state index in [9.17, 15) is 19.5 Å². The van der Waals surface area contributed by atoms with Gasteiger partial charge in [-0.25, -0.2) is 4.79 Å². The molecule has 0 saturated heterocycles. The van der Waals surface area contributed by atoms with E-state index in [-0.39, 0.29) is 30.0 Å². The lowest BCUT2D eigenvalue weighted by Crippen LogP contribution is -2.54. The maximum atomic E-state index is 14.5. The molecule has 4 rings (SSSR count). The highest BCUT2D eigenvalue weighted by molar-refractivity contribution is 5.93. The number of aromatic hydroxyl groups is 1. The van der Waals surface area contributed by atoms with E-state index in [1.807, 2.05) is 62.4 Å². The van der Waals surface area contributed by atoms with Crippen molar-refractivity contribution >= 4 is 17.9 Å². The van der Waals surface area contributed by atoms with Gasteiger partial charge in [0.1, 0.15) is 23.4 Å². The standard InChI is InChI=1S/C34H41N3O5/c1-22-11-12-23(2)28(19-22)30(31(39)35-21-25-9-7-6-8-10-25)37(26-15-16-26)32(40)29(36-33(41)42-34(3,4)5)20-24-13-17-27(38)18-14-24/h6-14,17-19,26,29-30,38H,15-16,20-21H2,1-5H3,(H,35,39)(H,36,41). The molecule has 0 bridgehead atoms. The molecule has 0 aromatic heterocycles. The normalized spacial score (nSPS) is 14.4. The summed E-state index contributed by atoms with van der Waals surface area (Å²) in [6, 6.07) is 20.0. The van der Waals surface area contributed by atoms with E-state index in [4.69, 9.17) is 4.74 Å². The van der Waals surface area contributed by atoms with Crippen LogP contribution in [-0.4, -0.2) is 45.6 Å². The molecule has 1 aliphatic carbocycles. The van der Waals surface area contributed by atoms with Crippen LogP contribution < -0.4 is 10.6 Å². The van der Waals surface area contributed by atoms with Crippen molar-refractivity contribution < 1.29 is 24.2 Å². The second kappa shape index (κ2) is 13.1. The third-order valence-electron chi connectivity index (χ3n) is 7.13. The molecule has 8 heteroatoms. The second-order valence-electron chi connectivity index (χ2n) is 12.0. The minimum atomic E-state index is -1.00. The average molecular weight is 572 g/mol. The van der Waals surface area contributed by atoms with Gasteiger partial charge in [-0.1, -0.05) is 66.2 Å². The summed E-state index contributed by atoms with van der Waals surface area (Å²) in [5.74, 6) is -0.544. The van der Waals surface area contributed by atoms with Gasteiger partial charge < -0.3 is 25.4 Å². The molecule has 1 saturated carbocycles. The molecule has 3 N–H and O–H groups in total. The van der Waals surface area contributed by atoms with E-state index in [0.29, 0.717) is 6.54 Å². The lowest BCUT2D eigenvalue weighted by atomic mass is 9.95. The summed E-state index contributed by atoms with van der Waals surface area (Å²) in [6.45, 7) is 9.49. The Morgan fingerprint density at radius 2 is 1.62 bits per heavy atom. The highest BCUT2D eigenvalue weighted by Crippen LogP contribution is 2.37. The molecule has 1 aliphatic rings. The molecule has 0 spiro atoms. The van der Waals surface area contributed by atoms with E-state index in [0.717, 1.165) is 40.7 Å². The van der Waals surface area contributed by atoms with Crippen molar-refractivity contribution in [3.8, 4) is 5.75 Å². The summed E-state index contributed by atoms with van der Waals surface area (Å²) in [6.07, 6.45) is 0.967. The number of carbonyl (C=O) groups excluding carboxylic acids is 3. The summed E-state index contributed by atoms with van der Waals surface area (Å²) >= 11 is 0. The number of carbonyl (C=O) groups is 3. The predicted octanol–water partition coefficient (Wildman–Crippen LogP) is 5.49.